The molecule has 74 valence electrons. The highest BCUT2D eigenvalue weighted by atomic mass is 16.2. The van der Waals surface area contributed by atoms with Gasteiger partial charge in [0.25, 0.3) is 0 Å². The van der Waals surface area contributed by atoms with Crippen molar-refractivity contribution in [3.05, 3.63) is 0 Å². The number of hydrogen-bond donors (Lipinski definition) is 1. The molecule has 1 heterocycles. The molecular weight excluding hydrogens is 168 g/mol. The van der Waals surface area contributed by atoms with Crippen molar-refractivity contribution in [3.8, 4) is 0 Å². The van der Waals surface area contributed by atoms with Crippen LogP contribution in [0.1, 0.15) is 20.3 Å². The fraction of sp³-hybridized carbons (Fsp3) is 0.778. The van der Waals surface area contributed by atoms with Crippen LogP contribution in [0.3, 0.4) is 0 Å². The Kier molecular flexibility index (Phi) is 3.28. The summed E-state index contributed by atoms with van der Waals surface area (Å²) in [6.07, 6.45) is 1.78. The van der Waals surface area contributed by atoms with E-state index < -0.39 is 0 Å². The van der Waals surface area contributed by atoms with E-state index in [2.05, 4.69) is 5.32 Å². The Balaban J connectivity index is 2.65. The fourth-order valence-electron chi connectivity index (χ4n) is 1.52. The van der Waals surface area contributed by atoms with Crippen LogP contribution in [-0.2, 0) is 4.79 Å². The molecule has 0 radical (unpaired) electrons. The van der Waals surface area contributed by atoms with Gasteiger partial charge in [-0.05, 0) is 12.3 Å². The minimum atomic E-state index is -0.278. The lowest BCUT2D eigenvalue weighted by Crippen LogP contribution is -2.53. The summed E-state index contributed by atoms with van der Waals surface area (Å²) in [5, 5.41) is 2.73. The molecule has 1 N–H and O–H groups in total. The van der Waals surface area contributed by atoms with Crippen LogP contribution in [0.15, 0.2) is 0 Å². The van der Waals surface area contributed by atoms with Crippen LogP contribution >= 0.6 is 0 Å². The Labute approximate surface area is 78.3 Å². The molecule has 1 aliphatic heterocycles. The topological polar surface area (TPSA) is 49.4 Å². The largest absolute Gasteiger partial charge is 0.338 e. The third kappa shape index (κ3) is 2.20. The van der Waals surface area contributed by atoms with Gasteiger partial charge < -0.3 is 15.0 Å². The van der Waals surface area contributed by atoms with E-state index in [-0.39, 0.29) is 18.0 Å². The van der Waals surface area contributed by atoms with E-state index in [0.29, 0.717) is 6.54 Å². The molecule has 2 amide bonds. The number of nitrogens with zero attached hydrogens (tertiary/aromatic N) is 1. The number of nitrogens with one attached hydrogen (secondary N) is 1. The Morgan fingerprint density at radius 1 is 1.54 bits per heavy atom. The molecule has 0 aromatic rings. The van der Waals surface area contributed by atoms with E-state index in [1.165, 1.54) is 0 Å². The van der Waals surface area contributed by atoms with Gasteiger partial charge in [-0.3, -0.25) is 0 Å². The van der Waals surface area contributed by atoms with Gasteiger partial charge in [-0.25, -0.2) is 4.79 Å². The molecule has 0 saturated carbocycles. The first kappa shape index (κ1) is 10.0. The molecule has 0 aliphatic carbocycles. The van der Waals surface area contributed by atoms with Gasteiger partial charge in [0.15, 0.2) is 0 Å². The van der Waals surface area contributed by atoms with Crippen LogP contribution in [0, 0.1) is 5.92 Å². The number of urea groups is 1. The maximum Gasteiger partial charge on any atom is 0.318 e. The first-order valence-corrected chi connectivity index (χ1v) is 4.66. The predicted octanol–water partition coefficient (Wildman–Crippen LogP) is 0.625. The Morgan fingerprint density at radius 2 is 2.23 bits per heavy atom. The fourth-order valence-corrected chi connectivity index (χ4v) is 1.52. The summed E-state index contributed by atoms with van der Waals surface area (Å²) in [7, 11) is 0. The molecule has 4 heteroatoms. The number of amides is 2. The van der Waals surface area contributed by atoms with Gasteiger partial charge in [0, 0.05) is 13.1 Å². The SMILES string of the molecule is CC(C)[C@@H](C=O)N1CCCNC1=O. The van der Waals surface area contributed by atoms with Crippen molar-refractivity contribution in [1.82, 2.24) is 10.2 Å². The average molecular weight is 184 g/mol. The molecular formula is C9H16N2O2. The molecule has 0 aromatic carbocycles. The maximum atomic E-state index is 11.4. The Bertz CT molecular complexity index is 204. The highest BCUT2D eigenvalue weighted by Gasteiger charge is 2.27. The third-order valence-electron chi connectivity index (χ3n) is 2.30. The molecule has 0 aromatic heterocycles. The second-order valence-corrected chi connectivity index (χ2v) is 3.65. The predicted molar refractivity (Wildman–Crippen MR) is 49.4 cm³/mol. The van der Waals surface area contributed by atoms with Gasteiger partial charge in [-0.1, -0.05) is 13.8 Å². The number of carbonyl (C=O) groups is 2. The third-order valence-corrected chi connectivity index (χ3v) is 2.30. The van der Waals surface area contributed by atoms with E-state index >= 15 is 0 Å². The summed E-state index contributed by atoms with van der Waals surface area (Å²) in [5.74, 6) is 0.182. The molecule has 13 heavy (non-hydrogen) atoms. The Hall–Kier alpha value is -1.06. The van der Waals surface area contributed by atoms with E-state index in [0.717, 1.165) is 19.3 Å². The van der Waals surface area contributed by atoms with Crippen molar-refractivity contribution in [2.24, 2.45) is 5.92 Å². The lowest BCUT2D eigenvalue weighted by Gasteiger charge is -2.33. The molecule has 0 unspecified atom stereocenters. The van der Waals surface area contributed by atoms with Crippen molar-refractivity contribution in [2.75, 3.05) is 13.1 Å². The standard InChI is InChI=1S/C9H16N2O2/c1-7(2)8(6-12)11-5-3-4-10-9(11)13/h6-8H,3-5H2,1-2H3,(H,10,13)/t8-/m1/s1. The first-order chi connectivity index (χ1) is 6.16. The van der Waals surface area contributed by atoms with Crippen molar-refractivity contribution >= 4 is 12.3 Å². The van der Waals surface area contributed by atoms with Crippen LogP contribution in [0.5, 0.6) is 0 Å². The summed E-state index contributed by atoms with van der Waals surface area (Å²) in [6.45, 7) is 5.30. The maximum absolute atomic E-state index is 11.4. The molecule has 0 bridgehead atoms. The van der Waals surface area contributed by atoms with Crippen LogP contribution in [-0.4, -0.2) is 36.3 Å². The zero-order valence-corrected chi connectivity index (χ0v) is 8.12. The highest BCUT2D eigenvalue weighted by Crippen LogP contribution is 2.11. The van der Waals surface area contributed by atoms with Crippen molar-refractivity contribution in [2.45, 2.75) is 26.3 Å². The number of carbonyl (C=O) groups excluding carboxylic acids is 2. The average Bonchev–Trinajstić information content (AvgIpc) is 2.09. The minimum Gasteiger partial charge on any atom is -0.338 e. The molecule has 1 saturated heterocycles. The van der Waals surface area contributed by atoms with Gasteiger partial charge in [0.05, 0.1) is 6.04 Å². The first-order valence-electron chi connectivity index (χ1n) is 4.66. The van der Waals surface area contributed by atoms with E-state index in [9.17, 15) is 9.59 Å². The normalized spacial score (nSPS) is 19.9. The quantitative estimate of drug-likeness (QED) is 0.654. The van der Waals surface area contributed by atoms with Crippen LogP contribution in [0.2, 0.25) is 0 Å². The number of rotatable bonds is 3. The molecule has 1 atom stereocenters. The van der Waals surface area contributed by atoms with Gasteiger partial charge >= 0.3 is 6.03 Å². The van der Waals surface area contributed by atoms with Crippen molar-refractivity contribution in [1.29, 1.82) is 0 Å². The van der Waals surface area contributed by atoms with Gasteiger partial charge in [-0.15, -0.1) is 0 Å². The van der Waals surface area contributed by atoms with E-state index in [4.69, 9.17) is 0 Å². The van der Waals surface area contributed by atoms with Crippen molar-refractivity contribution in [3.63, 3.8) is 0 Å². The highest BCUT2D eigenvalue weighted by molar-refractivity contribution is 5.78. The minimum absolute atomic E-state index is 0.114. The molecule has 1 aliphatic rings. The van der Waals surface area contributed by atoms with Crippen molar-refractivity contribution < 1.29 is 9.59 Å². The zero-order valence-electron chi connectivity index (χ0n) is 8.12. The van der Waals surface area contributed by atoms with E-state index in [1.54, 1.807) is 4.90 Å². The van der Waals surface area contributed by atoms with Gasteiger partial charge in [0.2, 0.25) is 0 Å². The molecule has 4 nitrogen and oxygen atoms in total. The smallest absolute Gasteiger partial charge is 0.318 e. The summed E-state index contributed by atoms with van der Waals surface area (Å²) < 4.78 is 0. The summed E-state index contributed by atoms with van der Waals surface area (Å²) in [6, 6.07) is -0.391. The molecule has 1 rings (SSSR count). The lowest BCUT2D eigenvalue weighted by atomic mass is 10.0. The summed E-state index contributed by atoms with van der Waals surface area (Å²) in [5.41, 5.74) is 0. The number of hydrogen-bond acceptors (Lipinski definition) is 2. The van der Waals surface area contributed by atoms with E-state index in [1.807, 2.05) is 13.8 Å². The van der Waals surface area contributed by atoms with Crippen LogP contribution in [0.25, 0.3) is 0 Å². The van der Waals surface area contributed by atoms with Crippen LogP contribution < -0.4 is 5.32 Å². The Morgan fingerprint density at radius 3 is 2.69 bits per heavy atom. The van der Waals surface area contributed by atoms with Gasteiger partial charge in [0.1, 0.15) is 6.29 Å². The number of aldehydes is 1. The second kappa shape index (κ2) is 4.25. The molecule has 1 fully saturated rings. The summed E-state index contributed by atoms with van der Waals surface area (Å²) >= 11 is 0. The second-order valence-electron chi connectivity index (χ2n) is 3.65. The van der Waals surface area contributed by atoms with Gasteiger partial charge in [-0.2, -0.15) is 0 Å². The van der Waals surface area contributed by atoms with Crippen LogP contribution in [0.4, 0.5) is 4.79 Å². The summed E-state index contributed by atoms with van der Waals surface area (Å²) in [4.78, 5) is 23.7. The molecule has 0 spiro atoms. The monoisotopic (exact) mass is 184 g/mol. The lowest BCUT2D eigenvalue weighted by molar-refractivity contribution is -0.113. The zero-order chi connectivity index (χ0) is 9.84.